The number of ether oxygens (including phenoxy) is 1. The summed E-state index contributed by atoms with van der Waals surface area (Å²) in [5.74, 6) is -0.0285. The Labute approximate surface area is 186 Å². The molecule has 1 saturated heterocycles. The maximum atomic E-state index is 12.8. The number of nitrogens with one attached hydrogen (secondary N) is 1. The van der Waals surface area contributed by atoms with Gasteiger partial charge in [-0.05, 0) is 25.0 Å². The number of morpholine rings is 1. The van der Waals surface area contributed by atoms with Gasteiger partial charge in [0.1, 0.15) is 0 Å². The lowest BCUT2D eigenvalue weighted by molar-refractivity contribution is -0.121. The van der Waals surface area contributed by atoms with Gasteiger partial charge < -0.3 is 10.1 Å². The van der Waals surface area contributed by atoms with Crippen LogP contribution >= 0.6 is 0 Å². The maximum absolute atomic E-state index is 12.8. The first-order valence-electron chi connectivity index (χ1n) is 10.9. The normalized spacial score (nSPS) is 16.5. The quantitative estimate of drug-likeness (QED) is 0.513. The fourth-order valence-electron chi connectivity index (χ4n) is 3.94. The van der Waals surface area contributed by atoms with Crippen molar-refractivity contribution in [2.45, 2.75) is 44.6 Å². The smallest absolute Gasteiger partial charge is 0.243 e. The van der Waals surface area contributed by atoms with Crippen LogP contribution in [0.1, 0.15) is 44.0 Å². The zero-order chi connectivity index (χ0) is 23.0. The Morgan fingerprint density at radius 3 is 2.23 bits per heavy atom. The van der Waals surface area contributed by atoms with Gasteiger partial charge in [-0.15, -0.1) is 0 Å². The molecule has 1 N–H and O–H groups in total. The zero-order valence-electron chi connectivity index (χ0n) is 19.0. The van der Waals surface area contributed by atoms with E-state index in [1.807, 2.05) is 0 Å². The molecular weight excluding hydrogens is 418 g/mol. The monoisotopic (exact) mass is 453 g/mol. The van der Waals surface area contributed by atoms with Gasteiger partial charge in [-0.2, -0.15) is 4.31 Å². The van der Waals surface area contributed by atoms with Gasteiger partial charge in [0.15, 0.2) is 5.78 Å². The van der Waals surface area contributed by atoms with E-state index in [0.717, 1.165) is 30.2 Å². The lowest BCUT2D eigenvalue weighted by Crippen LogP contribution is -2.52. The topological polar surface area (TPSA) is 96.0 Å². The van der Waals surface area contributed by atoms with Gasteiger partial charge in [0.05, 0.1) is 24.7 Å². The molecule has 31 heavy (non-hydrogen) atoms. The predicted octanol–water partition coefficient (Wildman–Crippen LogP) is 1.76. The molecule has 1 aromatic rings. The van der Waals surface area contributed by atoms with Gasteiger partial charge in [0.25, 0.3) is 0 Å². The first-order valence-corrected chi connectivity index (χ1v) is 12.3. The molecule has 1 atom stereocenters. The Balaban J connectivity index is 1.99. The third-order valence-corrected chi connectivity index (χ3v) is 7.77. The van der Waals surface area contributed by atoms with Crippen molar-refractivity contribution in [3.05, 3.63) is 29.8 Å². The van der Waals surface area contributed by atoms with Gasteiger partial charge in [0.2, 0.25) is 15.9 Å². The molecule has 1 aliphatic rings. The van der Waals surface area contributed by atoms with Gasteiger partial charge in [-0.3, -0.25) is 14.5 Å². The Morgan fingerprint density at radius 2 is 1.71 bits per heavy atom. The lowest BCUT2D eigenvalue weighted by Gasteiger charge is -2.38. The van der Waals surface area contributed by atoms with Crippen molar-refractivity contribution in [2.24, 2.45) is 5.92 Å². The predicted molar refractivity (Wildman–Crippen MR) is 120 cm³/mol. The van der Waals surface area contributed by atoms with E-state index in [4.69, 9.17) is 4.74 Å². The molecule has 1 aromatic carbocycles. The molecule has 2 rings (SSSR count). The number of hydrogen-bond donors (Lipinski definition) is 1. The fourth-order valence-corrected chi connectivity index (χ4v) is 5.07. The summed E-state index contributed by atoms with van der Waals surface area (Å²) in [4.78, 5) is 26.4. The van der Waals surface area contributed by atoms with Crippen molar-refractivity contribution in [3.8, 4) is 0 Å². The van der Waals surface area contributed by atoms with Gasteiger partial charge >= 0.3 is 0 Å². The fraction of sp³-hybridized carbons (Fsp3) is 0.636. The van der Waals surface area contributed by atoms with Gasteiger partial charge in [-0.1, -0.05) is 38.8 Å². The third-order valence-electron chi connectivity index (χ3n) is 5.95. The number of ketones is 1. The van der Waals surface area contributed by atoms with Crippen LogP contribution in [-0.4, -0.2) is 81.8 Å². The summed E-state index contributed by atoms with van der Waals surface area (Å²) in [5, 5.41) is 2.94. The third kappa shape index (κ3) is 6.83. The summed E-state index contributed by atoms with van der Waals surface area (Å²) in [6.07, 6.45) is 2.03. The van der Waals surface area contributed by atoms with E-state index in [9.17, 15) is 18.0 Å². The zero-order valence-corrected chi connectivity index (χ0v) is 19.8. The van der Waals surface area contributed by atoms with Crippen LogP contribution < -0.4 is 5.32 Å². The maximum Gasteiger partial charge on any atom is 0.243 e. The summed E-state index contributed by atoms with van der Waals surface area (Å²) in [6.45, 7) is 8.99. The number of rotatable bonds is 11. The molecule has 1 unspecified atom stereocenters. The SMILES string of the molecule is CCC(CC)C(CNC(=O)CN(C)S(=O)(=O)c1ccc(C(C)=O)cc1)N1CCOCC1. The van der Waals surface area contributed by atoms with Gasteiger partial charge in [-0.25, -0.2) is 8.42 Å². The number of nitrogens with zero attached hydrogens (tertiary/aromatic N) is 2. The first-order chi connectivity index (χ1) is 14.7. The summed E-state index contributed by atoms with van der Waals surface area (Å²) < 4.78 is 32.0. The van der Waals surface area contributed by atoms with Crippen LogP contribution in [0.3, 0.4) is 0 Å². The second-order valence-electron chi connectivity index (χ2n) is 7.94. The van der Waals surface area contributed by atoms with Crippen LogP contribution in [0, 0.1) is 5.92 Å². The average molecular weight is 454 g/mol. The first kappa shape index (κ1) is 25.5. The molecular formula is C22H35N3O5S. The molecule has 1 heterocycles. The molecule has 174 valence electrons. The van der Waals surface area contributed by atoms with Crippen LogP contribution in [0.4, 0.5) is 0 Å². The largest absolute Gasteiger partial charge is 0.379 e. The molecule has 1 amide bonds. The van der Waals surface area contributed by atoms with E-state index in [1.165, 1.54) is 38.2 Å². The number of amides is 1. The van der Waals surface area contributed by atoms with Crippen molar-refractivity contribution < 1.29 is 22.7 Å². The highest BCUT2D eigenvalue weighted by Crippen LogP contribution is 2.20. The Kier molecular flexibility index (Phi) is 9.61. The summed E-state index contributed by atoms with van der Waals surface area (Å²) >= 11 is 0. The summed E-state index contributed by atoms with van der Waals surface area (Å²) in [7, 11) is -2.44. The van der Waals surface area contributed by atoms with E-state index in [0.29, 0.717) is 31.2 Å². The second kappa shape index (κ2) is 11.7. The number of sulfonamides is 1. The number of hydrogen-bond acceptors (Lipinski definition) is 6. The van der Waals surface area contributed by atoms with E-state index in [1.54, 1.807) is 0 Å². The molecule has 1 fully saturated rings. The van der Waals surface area contributed by atoms with E-state index in [2.05, 4.69) is 24.1 Å². The Bertz CT molecular complexity index is 831. The molecule has 8 nitrogen and oxygen atoms in total. The number of carbonyl (C=O) groups excluding carboxylic acids is 2. The van der Waals surface area contributed by atoms with E-state index < -0.39 is 10.0 Å². The van der Waals surface area contributed by atoms with E-state index in [-0.39, 0.29) is 29.2 Å². The minimum Gasteiger partial charge on any atom is -0.379 e. The van der Waals surface area contributed by atoms with Crippen molar-refractivity contribution in [3.63, 3.8) is 0 Å². The molecule has 0 spiro atoms. The second-order valence-corrected chi connectivity index (χ2v) is 9.98. The highest BCUT2D eigenvalue weighted by Gasteiger charge is 2.28. The van der Waals surface area contributed by atoms with E-state index >= 15 is 0 Å². The van der Waals surface area contributed by atoms with Crippen LogP contribution in [0.2, 0.25) is 0 Å². The Hall–Kier alpha value is -1.81. The van der Waals surface area contributed by atoms with Gasteiger partial charge in [0, 0.05) is 38.3 Å². The Morgan fingerprint density at radius 1 is 1.13 bits per heavy atom. The highest BCUT2D eigenvalue weighted by molar-refractivity contribution is 7.89. The minimum atomic E-state index is -3.83. The van der Waals surface area contributed by atoms with Crippen molar-refractivity contribution in [1.82, 2.24) is 14.5 Å². The molecule has 0 aliphatic carbocycles. The number of carbonyl (C=O) groups is 2. The summed E-state index contributed by atoms with van der Waals surface area (Å²) in [5.41, 5.74) is 0.440. The lowest BCUT2D eigenvalue weighted by atomic mass is 9.92. The molecule has 0 saturated carbocycles. The van der Waals surface area contributed by atoms with Crippen molar-refractivity contribution in [2.75, 3.05) is 46.4 Å². The number of Topliss-reactive ketones (excluding diaryl/α,β-unsaturated/α-hetero) is 1. The van der Waals surface area contributed by atoms with Crippen molar-refractivity contribution in [1.29, 1.82) is 0 Å². The molecule has 1 aliphatic heterocycles. The van der Waals surface area contributed by atoms with Crippen molar-refractivity contribution >= 4 is 21.7 Å². The molecule has 0 radical (unpaired) electrons. The standard InChI is InChI=1S/C22H35N3O5S/c1-5-18(6-2)21(25-11-13-30-14-12-25)15-23-22(27)16-24(4)31(28,29)20-9-7-19(8-10-20)17(3)26/h7-10,18,21H,5-6,11-16H2,1-4H3,(H,23,27). The van der Waals surface area contributed by atoms with Crippen LogP contribution in [0.15, 0.2) is 29.2 Å². The van der Waals surface area contributed by atoms with Crippen LogP contribution in [0.25, 0.3) is 0 Å². The minimum absolute atomic E-state index is 0.0519. The highest BCUT2D eigenvalue weighted by atomic mass is 32.2. The van der Waals surface area contributed by atoms with Crippen LogP contribution in [0.5, 0.6) is 0 Å². The van der Waals surface area contributed by atoms with Crippen LogP contribution in [-0.2, 0) is 19.6 Å². The average Bonchev–Trinajstić information content (AvgIpc) is 2.77. The molecule has 9 heteroatoms. The number of likely N-dealkylation sites (N-methyl/N-ethyl adjacent to an activating group) is 1. The molecule has 0 bridgehead atoms. The molecule has 0 aromatic heterocycles. The number of benzene rings is 1. The summed E-state index contributed by atoms with van der Waals surface area (Å²) in [6, 6.07) is 5.94.